The van der Waals surface area contributed by atoms with Gasteiger partial charge < -0.3 is 14.2 Å². The number of methoxy groups -OCH3 is 1. The Morgan fingerprint density at radius 2 is 1.82 bits per heavy atom. The molecule has 2 aliphatic rings. The van der Waals surface area contributed by atoms with E-state index in [-0.39, 0.29) is 0 Å². The molecule has 0 amide bonds. The predicted octanol–water partition coefficient (Wildman–Crippen LogP) is 5.40. The molecule has 3 aromatic rings. The van der Waals surface area contributed by atoms with Crippen molar-refractivity contribution in [2.75, 3.05) is 53.1 Å². The lowest BCUT2D eigenvalue weighted by Gasteiger charge is -2.40. The number of benzene rings is 2. The van der Waals surface area contributed by atoms with E-state index < -0.39 is 17.7 Å². The summed E-state index contributed by atoms with van der Waals surface area (Å²) < 4.78 is 57.3. The number of halogens is 3. The number of hydrogen-bond acceptors (Lipinski definition) is 7. The second-order valence-electron chi connectivity index (χ2n) is 10.2. The third kappa shape index (κ3) is 6.09. The molecule has 2 saturated heterocycles. The molecule has 214 valence electrons. The molecular weight excluding hydrogens is 523 g/mol. The minimum absolute atomic E-state index is 0.300. The van der Waals surface area contributed by atoms with Gasteiger partial charge in [-0.15, -0.1) is 0 Å². The van der Waals surface area contributed by atoms with Gasteiger partial charge >= 0.3 is 12.1 Å². The van der Waals surface area contributed by atoms with Gasteiger partial charge in [0, 0.05) is 42.2 Å². The van der Waals surface area contributed by atoms with Crippen LogP contribution >= 0.6 is 0 Å². The number of fused-ring (bicyclic) bond motifs is 1. The van der Waals surface area contributed by atoms with Gasteiger partial charge in [0.05, 0.1) is 49.3 Å². The maximum Gasteiger partial charge on any atom is 0.416 e. The first-order valence-corrected chi connectivity index (χ1v) is 13.7. The number of esters is 1. The predicted molar refractivity (Wildman–Crippen MR) is 145 cm³/mol. The molecule has 0 aliphatic carbocycles. The molecule has 5 rings (SSSR count). The monoisotopic (exact) mass is 557 g/mol. The molecule has 0 saturated carbocycles. The fourth-order valence-electron chi connectivity index (χ4n) is 5.72. The fourth-order valence-corrected chi connectivity index (χ4v) is 5.72. The highest BCUT2D eigenvalue weighted by Crippen LogP contribution is 2.37. The highest BCUT2D eigenvalue weighted by atomic mass is 19.4. The van der Waals surface area contributed by atoms with Crippen LogP contribution in [0.4, 0.5) is 13.2 Å². The molecule has 2 aromatic carbocycles. The SMILES string of the molecule is CCOc1ccc2nc(-c3cccc(C(F)(F)F)c3)c(CN3CCC(N4CCOCC4)CC3)c(C(=O)OC)c2c1. The standard InChI is InChI=1S/C30H34F3N3O4/c1-3-40-23-7-8-26-24(18-23)27(29(37)38-2)25(28(34-26)20-5-4-6-21(17-20)30(31,32)33)19-35-11-9-22(10-12-35)36-13-15-39-16-14-36/h4-8,17-18,22H,3,9-16,19H2,1-2H3. The van der Waals surface area contributed by atoms with Crippen molar-refractivity contribution in [3.8, 4) is 17.0 Å². The zero-order chi connectivity index (χ0) is 28.3. The van der Waals surface area contributed by atoms with Crippen LogP contribution in [0.15, 0.2) is 42.5 Å². The molecule has 0 bridgehead atoms. The lowest BCUT2D eigenvalue weighted by molar-refractivity contribution is -0.137. The Kier molecular flexibility index (Phi) is 8.58. The van der Waals surface area contributed by atoms with E-state index in [2.05, 4.69) is 9.80 Å². The zero-order valence-corrected chi connectivity index (χ0v) is 22.8. The van der Waals surface area contributed by atoms with E-state index in [0.717, 1.165) is 64.4 Å². The number of rotatable bonds is 7. The number of pyridine rings is 1. The van der Waals surface area contributed by atoms with Crippen LogP contribution in [0.1, 0.15) is 41.3 Å². The number of likely N-dealkylation sites (tertiary alicyclic amines) is 1. The van der Waals surface area contributed by atoms with Crippen LogP contribution in [-0.2, 0) is 22.2 Å². The molecule has 0 N–H and O–H groups in total. The first-order valence-electron chi connectivity index (χ1n) is 13.7. The van der Waals surface area contributed by atoms with Gasteiger partial charge in [-0.3, -0.25) is 9.80 Å². The van der Waals surface area contributed by atoms with Crippen molar-refractivity contribution < 1.29 is 32.2 Å². The van der Waals surface area contributed by atoms with Crippen molar-refractivity contribution >= 4 is 16.9 Å². The smallest absolute Gasteiger partial charge is 0.416 e. The molecule has 40 heavy (non-hydrogen) atoms. The second-order valence-corrected chi connectivity index (χ2v) is 10.2. The van der Waals surface area contributed by atoms with Gasteiger partial charge in [-0.05, 0) is 63.2 Å². The first kappa shape index (κ1) is 28.3. The van der Waals surface area contributed by atoms with Crippen LogP contribution in [0.25, 0.3) is 22.2 Å². The van der Waals surface area contributed by atoms with Crippen LogP contribution in [0.2, 0.25) is 0 Å². The number of hydrogen-bond donors (Lipinski definition) is 0. The highest BCUT2D eigenvalue weighted by molar-refractivity contribution is 6.07. The Balaban J connectivity index is 1.58. The Hall–Kier alpha value is -3.21. The number of alkyl halides is 3. The summed E-state index contributed by atoms with van der Waals surface area (Å²) in [6.07, 6.45) is -2.59. The largest absolute Gasteiger partial charge is 0.494 e. The number of piperidine rings is 1. The Morgan fingerprint density at radius 1 is 1.07 bits per heavy atom. The quantitative estimate of drug-likeness (QED) is 0.361. The maximum atomic E-state index is 13.7. The molecular formula is C30H34F3N3O4. The van der Waals surface area contributed by atoms with Crippen molar-refractivity contribution in [1.82, 2.24) is 14.8 Å². The third-order valence-corrected chi connectivity index (χ3v) is 7.72. The van der Waals surface area contributed by atoms with E-state index in [9.17, 15) is 18.0 Å². The average molecular weight is 558 g/mol. The molecule has 0 spiro atoms. The Labute approximate surface area is 231 Å². The average Bonchev–Trinajstić information content (AvgIpc) is 2.97. The van der Waals surface area contributed by atoms with Crippen LogP contribution in [-0.4, -0.2) is 79.9 Å². The molecule has 0 radical (unpaired) electrons. The summed E-state index contributed by atoms with van der Waals surface area (Å²) in [6.45, 7) is 7.59. The second kappa shape index (κ2) is 12.1. The van der Waals surface area contributed by atoms with Crippen molar-refractivity contribution in [1.29, 1.82) is 0 Å². The molecule has 3 heterocycles. The van der Waals surface area contributed by atoms with E-state index in [1.54, 1.807) is 24.3 Å². The van der Waals surface area contributed by atoms with Gasteiger partial charge in [0.1, 0.15) is 5.75 Å². The lowest BCUT2D eigenvalue weighted by Crippen LogP contribution is -2.48. The normalized spacial score (nSPS) is 17.7. The minimum Gasteiger partial charge on any atom is -0.494 e. The van der Waals surface area contributed by atoms with E-state index in [0.29, 0.717) is 58.2 Å². The number of aromatic nitrogens is 1. The van der Waals surface area contributed by atoms with Crippen LogP contribution in [0, 0.1) is 0 Å². The lowest BCUT2D eigenvalue weighted by atomic mass is 9.94. The van der Waals surface area contributed by atoms with Gasteiger partial charge in [-0.2, -0.15) is 13.2 Å². The fraction of sp³-hybridized carbons (Fsp3) is 0.467. The summed E-state index contributed by atoms with van der Waals surface area (Å²) in [7, 11) is 1.31. The Morgan fingerprint density at radius 3 is 2.50 bits per heavy atom. The number of carbonyl (C=O) groups excluding carboxylic acids is 1. The number of ether oxygens (including phenoxy) is 3. The number of morpholine rings is 1. The van der Waals surface area contributed by atoms with E-state index in [1.165, 1.54) is 13.2 Å². The number of nitrogens with zero attached hydrogens (tertiary/aromatic N) is 3. The van der Waals surface area contributed by atoms with Crippen molar-refractivity contribution in [3.63, 3.8) is 0 Å². The molecule has 0 unspecified atom stereocenters. The van der Waals surface area contributed by atoms with Crippen molar-refractivity contribution in [2.45, 2.75) is 38.5 Å². The maximum absolute atomic E-state index is 13.7. The summed E-state index contributed by atoms with van der Waals surface area (Å²) in [4.78, 5) is 22.9. The van der Waals surface area contributed by atoms with Crippen LogP contribution in [0.5, 0.6) is 5.75 Å². The van der Waals surface area contributed by atoms with E-state index >= 15 is 0 Å². The van der Waals surface area contributed by atoms with E-state index in [4.69, 9.17) is 19.2 Å². The zero-order valence-electron chi connectivity index (χ0n) is 22.8. The van der Waals surface area contributed by atoms with E-state index in [1.807, 2.05) is 6.92 Å². The topological polar surface area (TPSA) is 64.1 Å². The Bertz CT molecular complexity index is 1350. The molecule has 7 nitrogen and oxygen atoms in total. The summed E-state index contributed by atoms with van der Waals surface area (Å²) in [6, 6.07) is 10.8. The van der Waals surface area contributed by atoms with Gasteiger partial charge in [-0.25, -0.2) is 9.78 Å². The molecule has 2 fully saturated rings. The summed E-state index contributed by atoms with van der Waals surface area (Å²) >= 11 is 0. The number of carbonyl (C=O) groups is 1. The van der Waals surface area contributed by atoms with Crippen molar-refractivity contribution in [2.24, 2.45) is 0 Å². The van der Waals surface area contributed by atoms with Gasteiger partial charge in [0.2, 0.25) is 0 Å². The third-order valence-electron chi connectivity index (χ3n) is 7.72. The van der Waals surface area contributed by atoms with Crippen LogP contribution < -0.4 is 4.74 Å². The molecule has 1 aromatic heterocycles. The summed E-state index contributed by atoms with van der Waals surface area (Å²) in [5, 5.41) is 0.548. The summed E-state index contributed by atoms with van der Waals surface area (Å²) in [5.74, 6) is 0.0125. The molecule has 0 atom stereocenters. The van der Waals surface area contributed by atoms with Gasteiger partial charge in [-0.1, -0.05) is 12.1 Å². The molecule has 10 heteroatoms. The van der Waals surface area contributed by atoms with Crippen LogP contribution in [0.3, 0.4) is 0 Å². The van der Waals surface area contributed by atoms with Gasteiger partial charge in [0.25, 0.3) is 0 Å². The summed E-state index contributed by atoms with van der Waals surface area (Å²) in [5.41, 5.74) is 1.21. The molecule has 2 aliphatic heterocycles. The minimum atomic E-state index is -4.51. The highest BCUT2D eigenvalue weighted by Gasteiger charge is 2.32. The van der Waals surface area contributed by atoms with Gasteiger partial charge in [0.15, 0.2) is 0 Å². The van der Waals surface area contributed by atoms with Crippen molar-refractivity contribution in [3.05, 3.63) is 59.2 Å². The first-order chi connectivity index (χ1) is 19.3.